The minimum atomic E-state index is -6.13. The second-order valence-electron chi connectivity index (χ2n) is 2.27. The standard InChI is InChI=1S/C4H5F3O6S/c1-3(10,2(8)9)13-14(11,12)4(5,6)7/h10H,1H3,(H,8,9). The third-order valence-electron chi connectivity index (χ3n) is 0.952. The van der Waals surface area contributed by atoms with Gasteiger partial charge in [-0.25, -0.2) is 8.98 Å². The van der Waals surface area contributed by atoms with Crippen molar-refractivity contribution in [3.05, 3.63) is 0 Å². The van der Waals surface area contributed by atoms with E-state index in [4.69, 9.17) is 10.2 Å². The molecule has 6 nitrogen and oxygen atoms in total. The van der Waals surface area contributed by atoms with Gasteiger partial charge in [-0.2, -0.15) is 21.6 Å². The van der Waals surface area contributed by atoms with Crippen molar-refractivity contribution in [3.63, 3.8) is 0 Å². The highest BCUT2D eigenvalue weighted by molar-refractivity contribution is 7.87. The maximum Gasteiger partial charge on any atom is 0.523 e. The zero-order chi connectivity index (χ0) is 11.8. The Hall–Kier alpha value is -0.870. The molecule has 0 aromatic carbocycles. The molecule has 0 radical (unpaired) electrons. The molecule has 14 heavy (non-hydrogen) atoms. The van der Waals surface area contributed by atoms with Gasteiger partial charge >= 0.3 is 21.6 Å². The fourth-order valence-corrected chi connectivity index (χ4v) is 0.890. The summed E-state index contributed by atoms with van der Waals surface area (Å²) in [6, 6.07) is 0. The summed E-state index contributed by atoms with van der Waals surface area (Å²) >= 11 is 0. The van der Waals surface area contributed by atoms with Crippen molar-refractivity contribution < 1.29 is 40.8 Å². The molecule has 0 aromatic rings. The molecule has 0 aromatic heterocycles. The number of alkyl halides is 3. The molecule has 0 amide bonds. The van der Waals surface area contributed by atoms with Crippen LogP contribution in [0.4, 0.5) is 13.2 Å². The first-order valence-corrected chi connectivity index (χ1v) is 4.28. The van der Waals surface area contributed by atoms with E-state index in [-0.39, 0.29) is 6.92 Å². The highest BCUT2D eigenvalue weighted by Crippen LogP contribution is 2.27. The molecular weight excluding hydrogens is 233 g/mol. The van der Waals surface area contributed by atoms with Gasteiger partial charge in [-0.15, -0.1) is 0 Å². The SMILES string of the molecule is CC(O)(OS(=O)(=O)C(F)(F)F)C(=O)O. The first-order chi connectivity index (χ1) is 5.90. The number of halogens is 3. The van der Waals surface area contributed by atoms with Crippen LogP contribution in [0.3, 0.4) is 0 Å². The normalized spacial score (nSPS) is 17.5. The van der Waals surface area contributed by atoms with Gasteiger partial charge in [0.25, 0.3) is 5.79 Å². The van der Waals surface area contributed by atoms with Crippen LogP contribution in [-0.4, -0.2) is 35.9 Å². The Morgan fingerprint density at radius 1 is 1.36 bits per heavy atom. The fourth-order valence-electron chi connectivity index (χ4n) is 0.297. The Kier molecular flexibility index (Phi) is 3.16. The van der Waals surface area contributed by atoms with Gasteiger partial charge in [-0.1, -0.05) is 0 Å². The molecule has 0 fully saturated rings. The predicted molar refractivity (Wildman–Crippen MR) is 34.3 cm³/mol. The van der Waals surface area contributed by atoms with E-state index in [1.54, 1.807) is 0 Å². The van der Waals surface area contributed by atoms with Gasteiger partial charge in [0.2, 0.25) is 0 Å². The van der Waals surface area contributed by atoms with Crippen LogP contribution in [0.1, 0.15) is 6.92 Å². The number of aliphatic hydroxyl groups is 1. The third kappa shape index (κ3) is 2.82. The molecule has 0 aliphatic carbocycles. The molecule has 0 spiro atoms. The number of hydrogen-bond acceptors (Lipinski definition) is 5. The molecule has 1 unspecified atom stereocenters. The monoisotopic (exact) mass is 238 g/mol. The summed E-state index contributed by atoms with van der Waals surface area (Å²) in [5.41, 5.74) is -5.79. The van der Waals surface area contributed by atoms with Crippen LogP contribution < -0.4 is 0 Å². The van der Waals surface area contributed by atoms with Crippen molar-refractivity contribution in [2.75, 3.05) is 0 Å². The molecule has 84 valence electrons. The van der Waals surface area contributed by atoms with Crippen LogP contribution in [0.5, 0.6) is 0 Å². The Labute approximate surface area is 76.0 Å². The van der Waals surface area contributed by atoms with Crippen molar-refractivity contribution >= 4 is 16.1 Å². The van der Waals surface area contributed by atoms with E-state index in [1.165, 1.54) is 0 Å². The smallest absolute Gasteiger partial charge is 0.477 e. The van der Waals surface area contributed by atoms with Gasteiger partial charge in [0.1, 0.15) is 0 Å². The number of carbonyl (C=O) groups is 1. The van der Waals surface area contributed by atoms with Crippen molar-refractivity contribution in [1.29, 1.82) is 0 Å². The van der Waals surface area contributed by atoms with Crippen LogP contribution >= 0.6 is 0 Å². The highest BCUT2D eigenvalue weighted by Gasteiger charge is 2.52. The van der Waals surface area contributed by atoms with E-state index in [2.05, 4.69) is 4.18 Å². The molecule has 0 rings (SSSR count). The van der Waals surface area contributed by atoms with Crippen molar-refractivity contribution in [2.45, 2.75) is 18.2 Å². The maximum atomic E-state index is 11.6. The van der Waals surface area contributed by atoms with Gasteiger partial charge in [-0.3, -0.25) is 0 Å². The van der Waals surface area contributed by atoms with Crippen molar-refractivity contribution in [3.8, 4) is 0 Å². The molecule has 10 heteroatoms. The Morgan fingerprint density at radius 2 is 1.71 bits per heavy atom. The van der Waals surface area contributed by atoms with E-state index < -0.39 is 27.4 Å². The van der Waals surface area contributed by atoms with Crippen molar-refractivity contribution in [2.24, 2.45) is 0 Å². The number of carboxylic acid groups (broad SMARTS) is 1. The molecule has 0 saturated carbocycles. The predicted octanol–water partition coefficient (Wildman–Crippen LogP) is -0.354. The second kappa shape index (κ2) is 3.37. The maximum absolute atomic E-state index is 11.6. The van der Waals surface area contributed by atoms with Gasteiger partial charge in [0, 0.05) is 6.92 Å². The Morgan fingerprint density at radius 3 is 1.93 bits per heavy atom. The first kappa shape index (κ1) is 13.1. The number of hydrogen-bond donors (Lipinski definition) is 2. The molecule has 0 aliphatic rings. The van der Waals surface area contributed by atoms with Gasteiger partial charge in [0.15, 0.2) is 0 Å². The fraction of sp³-hybridized carbons (Fsp3) is 0.750. The van der Waals surface area contributed by atoms with Gasteiger partial charge in [-0.05, 0) is 0 Å². The topological polar surface area (TPSA) is 101 Å². The minimum absolute atomic E-state index is 0.249. The van der Waals surface area contributed by atoms with E-state index >= 15 is 0 Å². The second-order valence-corrected chi connectivity index (χ2v) is 3.81. The molecule has 0 aliphatic heterocycles. The number of carboxylic acids is 1. The molecular formula is C4H5F3O6S. The van der Waals surface area contributed by atoms with Gasteiger partial charge in [0.05, 0.1) is 0 Å². The van der Waals surface area contributed by atoms with Crippen LogP contribution in [-0.2, 0) is 19.1 Å². The molecule has 0 bridgehead atoms. The highest BCUT2D eigenvalue weighted by atomic mass is 32.2. The largest absolute Gasteiger partial charge is 0.523 e. The van der Waals surface area contributed by atoms with Crippen LogP contribution in [0.15, 0.2) is 0 Å². The summed E-state index contributed by atoms with van der Waals surface area (Å²) in [4.78, 5) is 10.0. The van der Waals surface area contributed by atoms with Gasteiger partial charge < -0.3 is 10.2 Å². The van der Waals surface area contributed by atoms with Crippen molar-refractivity contribution in [1.82, 2.24) is 0 Å². The van der Waals surface area contributed by atoms with E-state index in [9.17, 15) is 26.4 Å². The van der Waals surface area contributed by atoms with E-state index in [0.717, 1.165) is 0 Å². The van der Waals surface area contributed by atoms with E-state index in [1.807, 2.05) is 0 Å². The Bertz CT molecular complexity index is 327. The minimum Gasteiger partial charge on any atom is -0.477 e. The number of aliphatic carboxylic acids is 1. The first-order valence-electron chi connectivity index (χ1n) is 2.88. The molecule has 0 heterocycles. The summed E-state index contributed by atoms with van der Waals surface area (Å²) in [6.07, 6.45) is 0. The van der Waals surface area contributed by atoms with Crippen LogP contribution in [0, 0.1) is 0 Å². The lowest BCUT2D eigenvalue weighted by atomic mass is 10.3. The van der Waals surface area contributed by atoms with E-state index in [0.29, 0.717) is 0 Å². The summed E-state index contributed by atoms with van der Waals surface area (Å²) < 4.78 is 58.3. The summed E-state index contributed by atoms with van der Waals surface area (Å²) in [5.74, 6) is -5.71. The number of rotatable bonds is 3. The van der Waals surface area contributed by atoms with Crippen LogP contribution in [0.25, 0.3) is 0 Å². The lowest BCUT2D eigenvalue weighted by Crippen LogP contribution is -2.43. The quantitative estimate of drug-likeness (QED) is 0.395. The zero-order valence-corrected chi connectivity index (χ0v) is 7.39. The molecule has 2 N–H and O–H groups in total. The average molecular weight is 238 g/mol. The lowest BCUT2D eigenvalue weighted by molar-refractivity contribution is -0.190. The summed E-state index contributed by atoms with van der Waals surface area (Å²) in [5, 5.41) is 16.7. The molecule has 1 atom stereocenters. The third-order valence-corrected chi connectivity index (χ3v) is 2.06. The lowest BCUT2D eigenvalue weighted by Gasteiger charge is -2.18. The summed E-state index contributed by atoms with van der Waals surface area (Å²) in [6.45, 7) is 0.249. The zero-order valence-electron chi connectivity index (χ0n) is 6.57. The summed E-state index contributed by atoms with van der Waals surface area (Å²) in [7, 11) is -6.13. The van der Waals surface area contributed by atoms with Crippen LogP contribution in [0.2, 0.25) is 0 Å². The Balaban J connectivity index is 4.97. The molecule has 0 saturated heterocycles. The average Bonchev–Trinajstić information content (AvgIpc) is 1.80.